The fraction of sp³-hybridized carbons (Fsp3) is 0.933. The third kappa shape index (κ3) is 5.49. The predicted octanol–water partition coefficient (Wildman–Crippen LogP) is 2.04. The van der Waals surface area contributed by atoms with Gasteiger partial charge < -0.3 is 9.64 Å². The Morgan fingerprint density at radius 3 is 2.53 bits per heavy atom. The Labute approximate surface area is 117 Å². The first kappa shape index (κ1) is 16.4. The highest BCUT2D eigenvalue weighted by atomic mass is 16.5. The summed E-state index contributed by atoms with van der Waals surface area (Å²) in [6.07, 6.45) is 3.80. The zero-order valence-electron chi connectivity index (χ0n) is 13.2. The Bertz CT molecular complexity index is 290. The lowest BCUT2D eigenvalue weighted by Crippen LogP contribution is -2.59. The maximum atomic E-state index is 12.1. The summed E-state index contributed by atoms with van der Waals surface area (Å²) in [7, 11) is 1.47. The van der Waals surface area contributed by atoms with E-state index in [1.165, 1.54) is 20.0 Å². The number of rotatable bonds is 9. The van der Waals surface area contributed by atoms with Gasteiger partial charge in [-0.05, 0) is 52.5 Å². The predicted molar refractivity (Wildman–Crippen MR) is 78.1 cm³/mol. The Kier molecular flexibility index (Phi) is 6.27. The molecule has 0 aromatic heterocycles. The fourth-order valence-corrected chi connectivity index (χ4v) is 2.70. The van der Waals surface area contributed by atoms with E-state index in [2.05, 4.69) is 31.0 Å². The summed E-state index contributed by atoms with van der Waals surface area (Å²) < 4.78 is 4.99. The highest BCUT2D eigenvalue weighted by Crippen LogP contribution is 2.30. The number of nitrogens with zero attached hydrogens (tertiary/aromatic N) is 1. The van der Waals surface area contributed by atoms with E-state index in [4.69, 9.17) is 4.74 Å². The van der Waals surface area contributed by atoms with Gasteiger partial charge in [0.2, 0.25) is 0 Å². The second-order valence-corrected chi connectivity index (χ2v) is 6.30. The molecular formula is C15H30N2O2. The quantitative estimate of drug-likeness (QED) is 0.651. The largest absolute Gasteiger partial charge is 0.468 e. The van der Waals surface area contributed by atoms with E-state index in [0.29, 0.717) is 0 Å². The number of carbonyl (C=O) groups excluding carboxylic acids is 1. The monoisotopic (exact) mass is 270 g/mol. The summed E-state index contributed by atoms with van der Waals surface area (Å²) in [6.45, 7) is 11.1. The van der Waals surface area contributed by atoms with Gasteiger partial charge in [0, 0.05) is 19.1 Å². The molecule has 4 nitrogen and oxygen atoms in total. The van der Waals surface area contributed by atoms with Gasteiger partial charge in [0.25, 0.3) is 0 Å². The van der Waals surface area contributed by atoms with Crippen molar-refractivity contribution < 1.29 is 9.53 Å². The van der Waals surface area contributed by atoms with Crippen LogP contribution in [-0.2, 0) is 9.53 Å². The van der Waals surface area contributed by atoms with Crippen LogP contribution in [0.5, 0.6) is 0 Å². The lowest BCUT2D eigenvalue weighted by atomic mass is 10.00. The third-order valence-electron chi connectivity index (χ3n) is 3.54. The molecule has 1 atom stereocenters. The van der Waals surface area contributed by atoms with E-state index >= 15 is 0 Å². The number of carbonyl (C=O) groups is 1. The summed E-state index contributed by atoms with van der Waals surface area (Å²) >= 11 is 0. The molecule has 4 heteroatoms. The Hall–Kier alpha value is -0.610. The minimum Gasteiger partial charge on any atom is -0.468 e. The minimum absolute atomic E-state index is 0.168. The zero-order valence-corrected chi connectivity index (χ0v) is 13.2. The minimum atomic E-state index is -0.618. The van der Waals surface area contributed by atoms with Gasteiger partial charge in [-0.25, -0.2) is 0 Å². The van der Waals surface area contributed by atoms with E-state index < -0.39 is 5.54 Å². The molecule has 1 unspecified atom stereocenters. The SMILES string of the molecule is CCCN(CC1CC1)CC(C)(NC(C)C)C(=O)OC. The van der Waals surface area contributed by atoms with Crippen molar-refractivity contribution in [3.05, 3.63) is 0 Å². The molecular weight excluding hydrogens is 240 g/mol. The number of esters is 1. The van der Waals surface area contributed by atoms with Crippen molar-refractivity contribution in [3.8, 4) is 0 Å². The summed E-state index contributed by atoms with van der Waals surface area (Å²) in [5.41, 5.74) is -0.618. The molecule has 1 rings (SSSR count). The van der Waals surface area contributed by atoms with E-state index in [9.17, 15) is 4.79 Å². The summed E-state index contributed by atoms with van der Waals surface area (Å²) in [4.78, 5) is 14.5. The molecule has 0 aromatic carbocycles. The Morgan fingerprint density at radius 1 is 1.47 bits per heavy atom. The molecule has 0 spiro atoms. The number of methoxy groups -OCH3 is 1. The smallest absolute Gasteiger partial charge is 0.327 e. The van der Waals surface area contributed by atoms with E-state index in [0.717, 1.165) is 32.0 Å². The van der Waals surface area contributed by atoms with E-state index in [-0.39, 0.29) is 12.0 Å². The number of hydrogen-bond donors (Lipinski definition) is 1. The summed E-state index contributed by atoms with van der Waals surface area (Å²) in [5, 5.41) is 3.37. The molecule has 1 N–H and O–H groups in total. The van der Waals surface area contributed by atoms with Gasteiger partial charge in [0.05, 0.1) is 7.11 Å². The topological polar surface area (TPSA) is 41.6 Å². The normalized spacial score (nSPS) is 18.7. The van der Waals surface area contributed by atoms with Crippen molar-refractivity contribution in [2.75, 3.05) is 26.7 Å². The van der Waals surface area contributed by atoms with Crippen molar-refractivity contribution in [2.45, 2.75) is 58.5 Å². The molecule has 0 aliphatic heterocycles. The average Bonchev–Trinajstić information content (AvgIpc) is 3.10. The first-order valence-electron chi connectivity index (χ1n) is 7.49. The molecule has 1 fully saturated rings. The van der Waals surface area contributed by atoms with Crippen molar-refractivity contribution in [3.63, 3.8) is 0 Å². The van der Waals surface area contributed by atoms with Gasteiger partial charge in [0.15, 0.2) is 0 Å². The molecule has 0 amide bonds. The maximum absolute atomic E-state index is 12.1. The lowest BCUT2D eigenvalue weighted by Gasteiger charge is -2.35. The van der Waals surface area contributed by atoms with Gasteiger partial charge in [-0.3, -0.25) is 10.1 Å². The second-order valence-electron chi connectivity index (χ2n) is 6.30. The van der Waals surface area contributed by atoms with Crippen LogP contribution in [0.1, 0.15) is 47.0 Å². The van der Waals surface area contributed by atoms with Crippen LogP contribution in [0.15, 0.2) is 0 Å². The molecule has 1 aliphatic rings. The number of nitrogens with one attached hydrogen (secondary N) is 1. The van der Waals surface area contributed by atoms with E-state index in [1.54, 1.807) is 0 Å². The molecule has 1 aliphatic carbocycles. The van der Waals surface area contributed by atoms with Crippen LogP contribution >= 0.6 is 0 Å². The summed E-state index contributed by atoms with van der Waals surface area (Å²) in [6, 6.07) is 0.258. The van der Waals surface area contributed by atoms with Crippen LogP contribution in [0, 0.1) is 5.92 Å². The van der Waals surface area contributed by atoms with Gasteiger partial charge in [-0.2, -0.15) is 0 Å². The van der Waals surface area contributed by atoms with Crippen LogP contribution in [-0.4, -0.2) is 49.2 Å². The second kappa shape index (κ2) is 7.25. The third-order valence-corrected chi connectivity index (χ3v) is 3.54. The van der Waals surface area contributed by atoms with Crippen molar-refractivity contribution in [2.24, 2.45) is 5.92 Å². The van der Waals surface area contributed by atoms with Crippen LogP contribution in [0.2, 0.25) is 0 Å². The lowest BCUT2D eigenvalue weighted by molar-refractivity contribution is -0.149. The average molecular weight is 270 g/mol. The van der Waals surface area contributed by atoms with Crippen LogP contribution in [0.4, 0.5) is 0 Å². The highest BCUT2D eigenvalue weighted by Gasteiger charge is 2.37. The van der Waals surface area contributed by atoms with Crippen molar-refractivity contribution in [1.29, 1.82) is 0 Å². The van der Waals surface area contributed by atoms with Gasteiger partial charge >= 0.3 is 5.97 Å². The summed E-state index contributed by atoms with van der Waals surface area (Å²) in [5.74, 6) is 0.672. The number of ether oxygens (including phenoxy) is 1. The van der Waals surface area contributed by atoms with Crippen LogP contribution in [0.3, 0.4) is 0 Å². The molecule has 0 aromatic rings. The fourth-order valence-electron chi connectivity index (χ4n) is 2.70. The van der Waals surface area contributed by atoms with Crippen molar-refractivity contribution in [1.82, 2.24) is 10.2 Å². The van der Waals surface area contributed by atoms with Crippen molar-refractivity contribution >= 4 is 5.97 Å². The molecule has 19 heavy (non-hydrogen) atoms. The zero-order chi connectivity index (χ0) is 14.5. The molecule has 0 bridgehead atoms. The van der Waals surface area contributed by atoms with Gasteiger partial charge in [-0.15, -0.1) is 0 Å². The maximum Gasteiger partial charge on any atom is 0.327 e. The van der Waals surface area contributed by atoms with Gasteiger partial charge in [-0.1, -0.05) is 6.92 Å². The molecule has 112 valence electrons. The Balaban J connectivity index is 2.68. The first-order chi connectivity index (χ1) is 8.91. The number of hydrogen-bond acceptors (Lipinski definition) is 4. The van der Waals surface area contributed by atoms with Crippen LogP contribution < -0.4 is 5.32 Å². The molecule has 0 heterocycles. The first-order valence-corrected chi connectivity index (χ1v) is 7.49. The van der Waals surface area contributed by atoms with Crippen LogP contribution in [0.25, 0.3) is 0 Å². The molecule has 0 radical (unpaired) electrons. The highest BCUT2D eigenvalue weighted by molar-refractivity contribution is 5.80. The van der Waals surface area contributed by atoms with E-state index in [1.807, 2.05) is 6.92 Å². The molecule has 0 saturated heterocycles. The molecule has 1 saturated carbocycles. The standard InChI is InChI=1S/C15H30N2O2/c1-6-9-17(10-13-7-8-13)11-15(4,14(18)19-5)16-12(2)3/h12-13,16H,6-11H2,1-5H3. The van der Waals surface area contributed by atoms with Gasteiger partial charge in [0.1, 0.15) is 5.54 Å². The Morgan fingerprint density at radius 2 is 2.11 bits per heavy atom.